The molecule has 0 saturated heterocycles. The van der Waals surface area contributed by atoms with E-state index in [0.29, 0.717) is 19.4 Å². The number of Topliss-reactive ketones (excluding diaryl/α,β-unsaturated/α-hetero) is 2. The van der Waals surface area contributed by atoms with E-state index in [2.05, 4.69) is 0 Å². The van der Waals surface area contributed by atoms with Crippen LogP contribution in [0.15, 0.2) is 11.8 Å². The standard InChI is InChI=1S/C10H12O4/c1-2-14-9-5-3-4-7(10(9)13)8(12)6-11/h5-7H,2-4H2,1H3. The Bertz CT molecular complexity index is 290. The van der Waals surface area contributed by atoms with Crippen LogP contribution < -0.4 is 0 Å². The number of aldehydes is 1. The number of allylic oxidation sites excluding steroid dienone is 2. The van der Waals surface area contributed by atoms with Gasteiger partial charge in [0.15, 0.2) is 12.0 Å². The maximum Gasteiger partial charge on any atom is 0.207 e. The molecule has 4 nitrogen and oxygen atoms in total. The zero-order valence-electron chi connectivity index (χ0n) is 7.99. The lowest BCUT2D eigenvalue weighted by Crippen LogP contribution is -2.29. The van der Waals surface area contributed by atoms with Crippen molar-refractivity contribution in [3.8, 4) is 0 Å². The number of rotatable bonds is 4. The molecule has 0 aromatic carbocycles. The zero-order chi connectivity index (χ0) is 10.6. The molecule has 14 heavy (non-hydrogen) atoms. The van der Waals surface area contributed by atoms with Crippen molar-refractivity contribution in [1.82, 2.24) is 0 Å². The van der Waals surface area contributed by atoms with Gasteiger partial charge in [-0.1, -0.05) is 0 Å². The minimum absolute atomic E-state index is 0.206. The summed E-state index contributed by atoms with van der Waals surface area (Å²) in [5.41, 5.74) is 0. The van der Waals surface area contributed by atoms with Crippen molar-refractivity contribution in [2.24, 2.45) is 5.92 Å². The van der Waals surface area contributed by atoms with Crippen molar-refractivity contribution < 1.29 is 19.1 Å². The maximum absolute atomic E-state index is 11.5. The third kappa shape index (κ3) is 2.07. The summed E-state index contributed by atoms with van der Waals surface area (Å²) in [6.45, 7) is 2.15. The van der Waals surface area contributed by atoms with E-state index < -0.39 is 11.7 Å². The van der Waals surface area contributed by atoms with Crippen molar-refractivity contribution in [2.45, 2.75) is 19.8 Å². The van der Waals surface area contributed by atoms with Gasteiger partial charge in [-0.15, -0.1) is 0 Å². The van der Waals surface area contributed by atoms with Crippen LogP contribution in [0.4, 0.5) is 0 Å². The molecule has 0 saturated carbocycles. The molecule has 1 aliphatic carbocycles. The molecule has 0 aromatic rings. The zero-order valence-corrected chi connectivity index (χ0v) is 7.99. The van der Waals surface area contributed by atoms with Gasteiger partial charge in [0, 0.05) is 0 Å². The molecule has 0 spiro atoms. The average molecular weight is 196 g/mol. The third-order valence-corrected chi connectivity index (χ3v) is 2.10. The highest BCUT2D eigenvalue weighted by Gasteiger charge is 2.31. The van der Waals surface area contributed by atoms with E-state index in [0.717, 1.165) is 0 Å². The molecule has 1 unspecified atom stereocenters. The summed E-state index contributed by atoms with van der Waals surface area (Å²) in [7, 11) is 0. The van der Waals surface area contributed by atoms with Crippen LogP contribution in [0.3, 0.4) is 0 Å². The first-order chi connectivity index (χ1) is 6.70. The van der Waals surface area contributed by atoms with E-state index in [-0.39, 0.29) is 17.8 Å². The van der Waals surface area contributed by atoms with Gasteiger partial charge in [-0.25, -0.2) is 0 Å². The van der Waals surface area contributed by atoms with Gasteiger partial charge in [0.25, 0.3) is 0 Å². The van der Waals surface area contributed by atoms with Gasteiger partial charge in [0.05, 0.1) is 12.5 Å². The number of ketones is 2. The minimum Gasteiger partial charge on any atom is -0.490 e. The fourth-order valence-corrected chi connectivity index (χ4v) is 1.42. The first-order valence-electron chi connectivity index (χ1n) is 4.57. The highest BCUT2D eigenvalue weighted by molar-refractivity contribution is 6.32. The van der Waals surface area contributed by atoms with E-state index in [9.17, 15) is 14.4 Å². The summed E-state index contributed by atoms with van der Waals surface area (Å²) in [4.78, 5) is 32.9. The molecule has 1 atom stereocenters. The molecular weight excluding hydrogens is 184 g/mol. The monoisotopic (exact) mass is 196 g/mol. The largest absolute Gasteiger partial charge is 0.490 e. The van der Waals surface area contributed by atoms with Crippen LogP contribution in [0.1, 0.15) is 19.8 Å². The molecular formula is C10H12O4. The van der Waals surface area contributed by atoms with Gasteiger partial charge >= 0.3 is 0 Å². The van der Waals surface area contributed by atoms with E-state index in [1.807, 2.05) is 0 Å². The Morgan fingerprint density at radius 3 is 3.00 bits per heavy atom. The molecule has 1 aliphatic rings. The number of carbonyl (C=O) groups is 3. The molecule has 0 aliphatic heterocycles. The first-order valence-corrected chi connectivity index (χ1v) is 4.57. The summed E-state index contributed by atoms with van der Waals surface area (Å²) in [6, 6.07) is 0. The van der Waals surface area contributed by atoms with E-state index in [4.69, 9.17) is 4.74 Å². The second-order valence-electron chi connectivity index (χ2n) is 3.02. The van der Waals surface area contributed by atoms with Crippen LogP contribution in [-0.4, -0.2) is 24.5 Å². The Labute approximate surface area is 81.9 Å². The Morgan fingerprint density at radius 1 is 1.71 bits per heavy atom. The molecule has 0 N–H and O–H groups in total. The summed E-state index contributed by atoms with van der Waals surface area (Å²) in [5, 5.41) is 0. The van der Waals surface area contributed by atoms with Crippen LogP contribution in [-0.2, 0) is 19.1 Å². The van der Waals surface area contributed by atoms with Gasteiger partial charge in [-0.3, -0.25) is 14.4 Å². The lowest BCUT2D eigenvalue weighted by molar-refractivity contribution is -0.138. The average Bonchev–Trinajstić information content (AvgIpc) is 2.20. The Kier molecular flexibility index (Phi) is 3.56. The molecule has 0 bridgehead atoms. The maximum atomic E-state index is 11.5. The predicted octanol–water partition coefficient (Wildman–Crippen LogP) is 0.654. The smallest absolute Gasteiger partial charge is 0.207 e. The van der Waals surface area contributed by atoms with Crippen molar-refractivity contribution in [1.29, 1.82) is 0 Å². The van der Waals surface area contributed by atoms with Gasteiger partial charge in [0.2, 0.25) is 11.6 Å². The second kappa shape index (κ2) is 4.69. The fraction of sp³-hybridized carbons (Fsp3) is 0.500. The Morgan fingerprint density at radius 2 is 2.43 bits per heavy atom. The summed E-state index contributed by atoms with van der Waals surface area (Å²) < 4.78 is 5.06. The fourth-order valence-electron chi connectivity index (χ4n) is 1.42. The molecule has 0 fully saturated rings. The van der Waals surface area contributed by atoms with Crippen LogP contribution in [0.25, 0.3) is 0 Å². The summed E-state index contributed by atoms with van der Waals surface area (Å²) in [5.74, 6) is -1.62. The van der Waals surface area contributed by atoms with E-state index in [1.54, 1.807) is 13.0 Å². The normalized spacial score (nSPS) is 21.4. The lowest BCUT2D eigenvalue weighted by atomic mass is 9.88. The SMILES string of the molecule is CCOC1=CCCC(C(=O)C=O)C1=O. The van der Waals surface area contributed by atoms with Gasteiger partial charge in [0.1, 0.15) is 0 Å². The van der Waals surface area contributed by atoms with Crippen LogP contribution in [0.2, 0.25) is 0 Å². The van der Waals surface area contributed by atoms with E-state index in [1.165, 1.54) is 0 Å². The van der Waals surface area contributed by atoms with Crippen LogP contribution in [0, 0.1) is 5.92 Å². The topological polar surface area (TPSA) is 60.4 Å². The van der Waals surface area contributed by atoms with Gasteiger partial charge in [-0.2, -0.15) is 0 Å². The second-order valence-corrected chi connectivity index (χ2v) is 3.02. The third-order valence-electron chi connectivity index (χ3n) is 2.10. The summed E-state index contributed by atoms with van der Waals surface area (Å²) in [6.07, 6.45) is 2.89. The van der Waals surface area contributed by atoms with Crippen LogP contribution in [0.5, 0.6) is 0 Å². The van der Waals surface area contributed by atoms with E-state index >= 15 is 0 Å². The van der Waals surface area contributed by atoms with Crippen molar-refractivity contribution in [3.05, 3.63) is 11.8 Å². The van der Waals surface area contributed by atoms with Crippen LogP contribution >= 0.6 is 0 Å². The van der Waals surface area contributed by atoms with Gasteiger partial charge < -0.3 is 4.74 Å². The molecule has 0 heterocycles. The quantitative estimate of drug-likeness (QED) is 0.376. The lowest BCUT2D eigenvalue weighted by Gasteiger charge is -2.18. The first kappa shape index (κ1) is 10.6. The van der Waals surface area contributed by atoms with Crippen molar-refractivity contribution in [3.63, 3.8) is 0 Å². The van der Waals surface area contributed by atoms with Gasteiger partial charge in [-0.05, 0) is 25.8 Å². The Balaban J connectivity index is 2.77. The molecule has 76 valence electrons. The van der Waals surface area contributed by atoms with Crippen molar-refractivity contribution >= 4 is 17.9 Å². The number of hydrogen-bond acceptors (Lipinski definition) is 4. The molecule has 1 rings (SSSR count). The molecule has 0 aromatic heterocycles. The molecule has 4 heteroatoms. The Hall–Kier alpha value is -1.45. The van der Waals surface area contributed by atoms with Crippen molar-refractivity contribution in [2.75, 3.05) is 6.61 Å². The molecule has 0 amide bonds. The number of carbonyl (C=O) groups excluding carboxylic acids is 3. The summed E-state index contributed by atoms with van der Waals surface area (Å²) >= 11 is 0. The number of ether oxygens (including phenoxy) is 1. The number of hydrogen-bond donors (Lipinski definition) is 0. The predicted molar refractivity (Wildman–Crippen MR) is 48.5 cm³/mol. The molecule has 0 radical (unpaired) electrons. The highest BCUT2D eigenvalue weighted by atomic mass is 16.5. The highest BCUT2D eigenvalue weighted by Crippen LogP contribution is 2.21. The minimum atomic E-state index is -0.820.